The van der Waals surface area contributed by atoms with E-state index in [1.54, 1.807) is 24.4 Å². The van der Waals surface area contributed by atoms with Crippen LogP contribution in [0.5, 0.6) is 5.75 Å². The van der Waals surface area contributed by atoms with Gasteiger partial charge in [-0.05, 0) is 24.6 Å². The highest BCUT2D eigenvalue weighted by Crippen LogP contribution is 2.33. The van der Waals surface area contributed by atoms with Gasteiger partial charge in [0.1, 0.15) is 5.75 Å². The number of pyridine rings is 1. The van der Waals surface area contributed by atoms with Crippen LogP contribution in [0.1, 0.15) is 22.2 Å². The van der Waals surface area contributed by atoms with Crippen molar-refractivity contribution in [2.75, 3.05) is 0 Å². The van der Waals surface area contributed by atoms with E-state index in [1.807, 2.05) is 19.1 Å². The monoisotopic (exact) mass is 297 g/mol. The van der Waals surface area contributed by atoms with Crippen LogP contribution in [0.25, 0.3) is 0 Å². The van der Waals surface area contributed by atoms with Crippen LogP contribution >= 0.6 is 11.6 Å². The van der Waals surface area contributed by atoms with Gasteiger partial charge in [-0.3, -0.25) is 4.98 Å². The SMILES string of the molecule is Cc1cccnc1CC(Cl)c1ccccc1OC(F)F. The highest BCUT2D eigenvalue weighted by atomic mass is 35.5. The topological polar surface area (TPSA) is 22.1 Å². The van der Waals surface area contributed by atoms with Gasteiger partial charge in [0.05, 0.1) is 5.38 Å². The number of hydrogen-bond donors (Lipinski definition) is 0. The van der Waals surface area contributed by atoms with Crippen LogP contribution in [-0.4, -0.2) is 11.6 Å². The van der Waals surface area contributed by atoms with Crippen molar-refractivity contribution in [1.29, 1.82) is 0 Å². The number of para-hydroxylation sites is 1. The Labute approximate surface area is 121 Å². The molecule has 0 aliphatic carbocycles. The first-order chi connectivity index (χ1) is 9.58. The number of hydrogen-bond acceptors (Lipinski definition) is 2. The smallest absolute Gasteiger partial charge is 0.387 e. The van der Waals surface area contributed by atoms with E-state index in [-0.39, 0.29) is 5.75 Å². The molecule has 1 atom stereocenters. The second kappa shape index (κ2) is 6.66. The molecule has 0 amide bonds. The number of ether oxygens (including phenoxy) is 1. The molecule has 0 aliphatic heterocycles. The Balaban J connectivity index is 2.21. The van der Waals surface area contributed by atoms with Crippen LogP contribution in [0.15, 0.2) is 42.6 Å². The standard InChI is InChI=1S/C15H14ClF2NO/c1-10-5-4-8-19-13(10)9-12(16)11-6-2-3-7-14(11)20-15(17)18/h2-8,12,15H,9H2,1H3. The third kappa shape index (κ3) is 3.67. The fourth-order valence-electron chi connectivity index (χ4n) is 1.95. The molecule has 2 nitrogen and oxygen atoms in total. The molecular weight excluding hydrogens is 284 g/mol. The molecule has 2 aromatic rings. The van der Waals surface area contributed by atoms with Crippen molar-refractivity contribution in [3.05, 3.63) is 59.4 Å². The van der Waals surface area contributed by atoms with Gasteiger partial charge in [-0.15, -0.1) is 11.6 Å². The van der Waals surface area contributed by atoms with Crippen molar-refractivity contribution in [3.63, 3.8) is 0 Å². The van der Waals surface area contributed by atoms with E-state index in [2.05, 4.69) is 9.72 Å². The van der Waals surface area contributed by atoms with Crippen molar-refractivity contribution < 1.29 is 13.5 Å². The van der Waals surface area contributed by atoms with Gasteiger partial charge in [-0.1, -0.05) is 24.3 Å². The maximum atomic E-state index is 12.4. The van der Waals surface area contributed by atoms with Crippen LogP contribution in [0.4, 0.5) is 8.78 Å². The number of alkyl halides is 3. The summed E-state index contributed by atoms with van der Waals surface area (Å²) >= 11 is 6.34. The van der Waals surface area contributed by atoms with E-state index >= 15 is 0 Å². The van der Waals surface area contributed by atoms with Gasteiger partial charge in [-0.2, -0.15) is 8.78 Å². The minimum absolute atomic E-state index is 0.107. The largest absolute Gasteiger partial charge is 0.434 e. The summed E-state index contributed by atoms with van der Waals surface area (Å²) in [5, 5.41) is -0.474. The lowest BCUT2D eigenvalue weighted by Crippen LogP contribution is -2.07. The molecule has 2 rings (SSSR count). The Hall–Kier alpha value is -1.68. The van der Waals surface area contributed by atoms with Crippen LogP contribution in [0.2, 0.25) is 0 Å². The molecule has 106 valence electrons. The molecule has 0 bridgehead atoms. The zero-order chi connectivity index (χ0) is 14.5. The molecule has 20 heavy (non-hydrogen) atoms. The first-order valence-electron chi connectivity index (χ1n) is 6.16. The van der Waals surface area contributed by atoms with Gasteiger partial charge < -0.3 is 4.74 Å². The highest BCUT2D eigenvalue weighted by molar-refractivity contribution is 6.21. The molecule has 0 spiro atoms. The van der Waals surface area contributed by atoms with E-state index in [9.17, 15) is 8.78 Å². The molecule has 0 saturated carbocycles. The molecule has 5 heteroatoms. The third-order valence-electron chi connectivity index (χ3n) is 2.96. The molecule has 0 N–H and O–H groups in total. The lowest BCUT2D eigenvalue weighted by Gasteiger charge is -2.15. The number of halogens is 3. The summed E-state index contributed by atoms with van der Waals surface area (Å²) in [6.07, 6.45) is 2.14. The summed E-state index contributed by atoms with van der Waals surface area (Å²) in [7, 11) is 0. The number of nitrogens with zero attached hydrogens (tertiary/aromatic N) is 1. The molecule has 1 heterocycles. The summed E-state index contributed by atoms with van der Waals surface area (Å²) in [5.41, 5.74) is 2.41. The predicted molar refractivity (Wildman–Crippen MR) is 74.3 cm³/mol. The Morgan fingerprint density at radius 2 is 1.95 bits per heavy atom. The van der Waals surface area contributed by atoms with Crippen LogP contribution in [0, 0.1) is 6.92 Å². The molecule has 1 unspecified atom stereocenters. The number of benzene rings is 1. The van der Waals surface area contributed by atoms with E-state index < -0.39 is 12.0 Å². The molecule has 0 radical (unpaired) electrons. The Bertz CT molecular complexity index is 577. The van der Waals surface area contributed by atoms with Gasteiger partial charge in [0.25, 0.3) is 0 Å². The summed E-state index contributed by atoms with van der Waals surface area (Å²) in [4.78, 5) is 4.26. The number of aryl methyl sites for hydroxylation is 1. The Kier molecular flexibility index (Phi) is 4.90. The Morgan fingerprint density at radius 3 is 2.65 bits per heavy atom. The van der Waals surface area contributed by atoms with E-state index in [1.165, 1.54) is 6.07 Å². The molecule has 1 aromatic heterocycles. The lowest BCUT2D eigenvalue weighted by atomic mass is 10.0. The van der Waals surface area contributed by atoms with E-state index in [0.717, 1.165) is 11.3 Å². The second-order valence-corrected chi connectivity index (χ2v) is 4.88. The lowest BCUT2D eigenvalue weighted by molar-refractivity contribution is -0.0504. The zero-order valence-corrected chi connectivity index (χ0v) is 11.6. The first kappa shape index (κ1) is 14.7. The average Bonchev–Trinajstić information content (AvgIpc) is 2.41. The third-order valence-corrected chi connectivity index (χ3v) is 3.35. The summed E-state index contributed by atoms with van der Waals surface area (Å²) in [6, 6.07) is 10.3. The van der Waals surface area contributed by atoms with E-state index in [0.29, 0.717) is 12.0 Å². The van der Waals surface area contributed by atoms with Crippen LogP contribution < -0.4 is 4.74 Å². The normalized spacial score (nSPS) is 12.4. The Morgan fingerprint density at radius 1 is 1.20 bits per heavy atom. The van der Waals surface area contributed by atoms with Crippen molar-refractivity contribution >= 4 is 11.6 Å². The fourth-order valence-corrected chi connectivity index (χ4v) is 2.28. The van der Waals surface area contributed by atoms with Crippen molar-refractivity contribution in [1.82, 2.24) is 4.98 Å². The van der Waals surface area contributed by atoms with Crippen molar-refractivity contribution in [2.24, 2.45) is 0 Å². The fraction of sp³-hybridized carbons (Fsp3) is 0.267. The first-order valence-corrected chi connectivity index (χ1v) is 6.60. The maximum absolute atomic E-state index is 12.4. The van der Waals surface area contributed by atoms with E-state index in [4.69, 9.17) is 11.6 Å². The van der Waals surface area contributed by atoms with Gasteiger partial charge in [0.15, 0.2) is 0 Å². The maximum Gasteiger partial charge on any atom is 0.387 e. The molecule has 1 aromatic carbocycles. The zero-order valence-electron chi connectivity index (χ0n) is 10.9. The quantitative estimate of drug-likeness (QED) is 0.757. The predicted octanol–water partition coefficient (Wildman–Crippen LogP) is 4.51. The highest BCUT2D eigenvalue weighted by Gasteiger charge is 2.17. The van der Waals surface area contributed by atoms with Crippen molar-refractivity contribution in [3.8, 4) is 5.75 Å². The summed E-state index contributed by atoms with van der Waals surface area (Å²) in [6.45, 7) is -0.926. The molecular formula is C15H14ClF2NO. The minimum Gasteiger partial charge on any atom is -0.434 e. The average molecular weight is 298 g/mol. The van der Waals surface area contributed by atoms with Crippen LogP contribution in [0.3, 0.4) is 0 Å². The van der Waals surface area contributed by atoms with Gasteiger partial charge in [0.2, 0.25) is 0 Å². The summed E-state index contributed by atoms with van der Waals surface area (Å²) < 4.78 is 29.3. The van der Waals surface area contributed by atoms with Crippen LogP contribution in [-0.2, 0) is 6.42 Å². The van der Waals surface area contributed by atoms with Gasteiger partial charge >= 0.3 is 6.61 Å². The van der Waals surface area contributed by atoms with Crippen molar-refractivity contribution in [2.45, 2.75) is 25.3 Å². The molecule has 0 aliphatic rings. The number of aromatic nitrogens is 1. The summed E-state index contributed by atoms with van der Waals surface area (Å²) in [5.74, 6) is 0.107. The second-order valence-electron chi connectivity index (χ2n) is 4.35. The van der Waals surface area contributed by atoms with Gasteiger partial charge in [0, 0.05) is 23.9 Å². The number of rotatable bonds is 5. The molecule has 0 fully saturated rings. The minimum atomic E-state index is -2.86. The van der Waals surface area contributed by atoms with Gasteiger partial charge in [-0.25, -0.2) is 0 Å². The molecule has 0 saturated heterocycles.